The van der Waals surface area contributed by atoms with Crippen molar-refractivity contribution >= 4 is 11.7 Å². The number of rotatable bonds is 6. The Morgan fingerprint density at radius 1 is 1.35 bits per heavy atom. The zero-order valence-corrected chi connectivity index (χ0v) is 14.9. The smallest absolute Gasteiger partial charge is 0.319 e. The molecular formula is C17H22N4O5. The van der Waals surface area contributed by atoms with E-state index in [1.54, 1.807) is 25.1 Å². The van der Waals surface area contributed by atoms with Gasteiger partial charge < -0.3 is 29.3 Å². The summed E-state index contributed by atoms with van der Waals surface area (Å²) in [6, 6.07) is 4.65. The number of carbonyl (C=O) groups is 1. The number of amides is 2. The van der Waals surface area contributed by atoms with E-state index in [0.29, 0.717) is 48.6 Å². The van der Waals surface area contributed by atoms with Crippen LogP contribution in [0.25, 0.3) is 11.5 Å². The van der Waals surface area contributed by atoms with Crippen LogP contribution in [0.15, 0.2) is 22.6 Å². The van der Waals surface area contributed by atoms with Gasteiger partial charge in [-0.15, -0.1) is 10.2 Å². The van der Waals surface area contributed by atoms with E-state index in [0.717, 1.165) is 0 Å². The lowest BCUT2D eigenvalue weighted by Gasteiger charge is -2.19. The molecule has 1 aromatic carbocycles. The first-order valence-electron chi connectivity index (χ1n) is 8.36. The molecule has 0 spiro atoms. The van der Waals surface area contributed by atoms with Crippen molar-refractivity contribution in [1.82, 2.24) is 15.5 Å². The highest BCUT2D eigenvalue weighted by Crippen LogP contribution is 2.30. The number of nitrogens with zero attached hydrogens (tertiary/aromatic N) is 2. The second kappa shape index (κ2) is 8.15. The number of anilines is 1. The number of ether oxygens (including phenoxy) is 3. The molecule has 2 amide bonds. The predicted octanol–water partition coefficient (Wildman–Crippen LogP) is 1.98. The van der Waals surface area contributed by atoms with Crippen molar-refractivity contribution in [2.45, 2.75) is 26.0 Å². The second-order valence-corrected chi connectivity index (χ2v) is 5.78. The maximum atomic E-state index is 12.4. The molecule has 2 aromatic rings. The van der Waals surface area contributed by atoms with Crippen LogP contribution in [0, 0.1) is 6.92 Å². The number of methoxy groups -OCH3 is 1. The zero-order valence-electron chi connectivity index (χ0n) is 14.9. The number of aryl methyl sites for hydroxylation is 1. The Hall–Kier alpha value is -2.65. The largest absolute Gasteiger partial charge is 0.495 e. The number of benzene rings is 1. The molecule has 140 valence electrons. The van der Waals surface area contributed by atoms with Crippen LogP contribution in [-0.4, -0.2) is 55.3 Å². The van der Waals surface area contributed by atoms with E-state index in [1.807, 2.05) is 6.92 Å². The topological polar surface area (TPSA) is 108 Å². The van der Waals surface area contributed by atoms with Crippen molar-refractivity contribution in [1.29, 1.82) is 0 Å². The third-order valence-electron chi connectivity index (χ3n) is 3.95. The maximum Gasteiger partial charge on any atom is 0.319 e. The summed E-state index contributed by atoms with van der Waals surface area (Å²) in [5, 5.41) is 13.5. The van der Waals surface area contributed by atoms with Crippen LogP contribution in [0.5, 0.6) is 5.75 Å². The SMILES string of the molecule is CCO[C@H]1COC[C@@H]1NC(=O)Nc1cc(-c2nnc(C)o2)ccc1OC. The van der Waals surface area contributed by atoms with Gasteiger partial charge in [0, 0.05) is 19.1 Å². The van der Waals surface area contributed by atoms with Gasteiger partial charge in [-0.2, -0.15) is 0 Å². The molecule has 0 saturated carbocycles. The first-order chi connectivity index (χ1) is 12.6. The summed E-state index contributed by atoms with van der Waals surface area (Å²) in [4.78, 5) is 12.4. The van der Waals surface area contributed by atoms with Crippen molar-refractivity contribution in [3.05, 3.63) is 24.1 Å². The molecule has 1 aliphatic rings. The molecule has 3 rings (SSSR count). The van der Waals surface area contributed by atoms with Crippen LogP contribution >= 0.6 is 0 Å². The van der Waals surface area contributed by atoms with Crippen molar-refractivity contribution in [3.8, 4) is 17.2 Å². The summed E-state index contributed by atoms with van der Waals surface area (Å²) < 4.78 is 21.7. The molecule has 0 bridgehead atoms. The highest BCUT2D eigenvalue weighted by atomic mass is 16.5. The van der Waals surface area contributed by atoms with Gasteiger partial charge in [0.2, 0.25) is 11.8 Å². The fourth-order valence-corrected chi connectivity index (χ4v) is 2.73. The Balaban J connectivity index is 1.72. The molecule has 2 atom stereocenters. The highest BCUT2D eigenvalue weighted by Gasteiger charge is 2.30. The van der Waals surface area contributed by atoms with Crippen LogP contribution in [0.3, 0.4) is 0 Å². The van der Waals surface area contributed by atoms with E-state index < -0.39 is 0 Å². The van der Waals surface area contributed by atoms with Gasteiger partial charge in [0.15, 0.2) is 0 Å². The number of nitrogens with one attached hydrogen (secondary N) is 2. The lowest BCUT2D eigenvalue weighted by molar-refractivity contribution is 0.0428. The first-order valence-corrected chi connectivity index (χ1v) is 8.36. The van der Waals surface area contributed by atoms with E-state index in [4.69, 9.17) is 18.6 Å². The van der Waals surface area contributed by atoms with E-state index in [2.05, 4.69) is 20.8 Å². The van der Waals surface area contributed by atoms with Gasteiger partial charge in [0.25, 0.3) is 0 Å². The minimum absolute atomic E-state index is 0.152. The Morgan fingerprint density at radius 2 is 2.19 bits per heavy atom. The molecule has 1 aromatic heterocycles. The number of carbonyl (C=O) groups excluding carboxylic acids is 1. The molecule has 9 nitrogen and oxygen atoms in total. The monoisotopic (exact) mass is 362 g/mol. The quantitative estimate of drug-likeness (QED) is 0.809. The average molecular weight is 362 g/mol. The fourth-order valence-electron chi connectivity index (χ4n) is 2.73. The summed E-state index contributed by atoms with van der Waals surface area (Å²) >= 11 is 0. The minimum Gasteiger partial charge on any atom is -0.495 e. The number of hydrogen-bond donors (Lipinski definition) is 2. The molecule has 1 aliphatic heterocycles. The normalized spacial score (nSPS) is 19.3. The van der Waals surface area contributed by atoms with Gasteiger partial charge in [-0.1, -0.05) is 0 Å². The summed E-state index contributed by atoms with van der Waals surface area (Å²) in [6.07, 6.45) is -0.152. The van der Waals surface area contributed by atoms with Gasteiger partial charge in [-0.3, -0.25) is 0 Å². The van der Waals surface area contributed by atoms with Crippen molar-refractivity contribution in [2.75, 3.05) is 32.2 Å². The van der Waals surface area contributed by atoms with Crippen LogP contribution in [0.1, 0.15) is 12.8 Å². The molecule has 1 saturated heterocycles. The number of urea groups is 1. The van der Waals surface area contributed by atoms with Crippen LogP contribution < -0.4 is 15.4 Å². The van der Waals surface area contributed by atoms with Crippen molar-refractivity contribution < 1.29 is 23.4 Å². The first kappa shape index (κ1) is 18.2. The van der Waals surface area contributed by atoms with E-state index in [1.165, 1.54) is 7.11 Å². The molecule has 0 aliphatic carbocycles. The number of aromatic nitrogens is 2. The van der Waals surface area contributed by atoms with Gasteiger partial charge >= 0.3 is 6.03 Å². The summed E-state index contributed by atoms with van der Waals surface area (Å²) in [6.45, 7) is 5.06. The Kier molecular flexibility index (Phi) is 5.69. The van der Waals surface area contributed by atoms with Crippen LogP contribution in [-0.2, 0) is 9.47 Å². The standard InChI is InChI=1S/C17H22N4O5/c1-4-25-15-9-24-8-13(15)19-17(22)18-12-7-11(5-6-14(12)23-3)16-21-20-10(2)26-16/h5-7,13,15H,4,8-9H2,1-3H3,(H2,18,19,22)/t13-,15-/m0/s1. The molecule has 0 radical (unpaired) electrons. The highest BCUT2D eigenvalue weighted by molar-refractivity contribution is 5.92. The zero-order chi connectivity index (χ0) is 18.5. The second-order valence-electron chi connectivity index (χ2n) is 5.78. The van der Waals surface area contributed by atoms with Crippen LogP contribution in [0.2, 0.25) is 0 Å². The van der Waals surface area contributed by atoms with E-state index in [-0.39, 0.29) is 18.2 Å². The van der Waals surface area contributed by atoms with Gasteiger partial charge in [-0.25, -0.2) is 4.79 Å². The molecule has 2 heterocycles. The summed E-state index contributed by atoms with van der Waals surface area (Å²) in [5.41, 5.74) is 1.17. The van der Waals surface area contributed by atoms with E-state index in [9.17, 15) is 4.79 Å². The van der Waals surface area contributed by atoms with Crippen LogP contribution in [0.4, 0.5) is 10.5 Å². The predicted molar refractivity (Wildman–Crippen MR) is 93.2 cm³/mol. The lowest BCUT2D eigenvalue weighted by Crippen LogP contribution is -2.45. The molecular weight excluding hydrogens is 340 g/mol. The van der Waals surface area contributed by atoms with Gasteiger partial charge in [0.1, 0.15) is 11.9 Å². The number of hydrogen-bond acceptors (Lipinski definition) is 7. The lowest BCUT2D eigenvalue weighted by atomic mass is 10.2. The minimum atomic E-state index is -0.373. The molecule has 1 fully saturated rings. The average Bonchev–Trinajstić information content (AvgIpc) is 3.24. The van der Waals surface area contributed by atoms with E-state index >= 15 is 0 Å². The maximum absolute atomic E-state index is 12.4. The molecule has 9 heteroatoms. The Bertz CT molecular complexity index is 763. The third kappa shape index (κ3) is 4.12. The Labute approximate surface area is 151 Å². The summed E-state index contributed by atoms with van der Waals surface area (Å²) in [7, 11) is 1.53. The van der Waals surface area contributed by atoms with Crippen molar-refractivity contribution in [3.63, 3.8) is 0 Å². The molecule has 0 unspecified atom stereocenters. The molecule has 2 N–H and O–H groups in total. The molecule has 26 heavy (non-hydrogen) atoms. The fraction of sp³-hybridized carbons (Fsp3) is 0.471. The summed E-state index contributed by atoms with van der Waals surface area (Å²) in [5.74, 6) is 1.35. The Morgan fingerprint density at radius 3 is 2.88 bits per heavy atom. The third-order valence-corrected chi connectivity index (χ3v) is 3.95. The van der Waals surface area contributed by atoms with Gasteiger partial charge in [-0.05, 0) is 25.1 Å². The van der Waals surface area contributed by atoms with Gasteiger partial charge in [0.05, 0.1) is 32.1 Å². The van der Waals surface area contributed by atoms with Crippen molar-refractivity contribution in [2.24, 2.45) is 0 Å².